The molecule has 1 aromatic carbocycles. The summed E-state index contributed by atoms with van der Waals surface area (Å²) in [6, 6.07) is 10.9. The van der Waals surface area contributed by atoms with E-state index in [-0.39, 0.29) is 5.78 Å². The van der Waals surface area contributed by atoms with Crippen molar-refractivity contribution in [2.75, 3.05) is 0 Å². The van der Waals surface area contributed by atoms with Crippen molar-refractivity contribution in [3.05, 3.63) is 58.9 Å². The third-order valence-electron chi connectivity index (χ3n) is 3.82. The molecule has 4 nitrogen and oxygen atoms in total. The Kier molecular flexibility index (Phi) is 2.93. The van der Waals surface area contributed by atoms with E-state index in [1.807, 2.05) is 29.7 Å². The predicted octanol–water partition coefficient (Wildman–Crippen LogP) is 2.60. The van der Waals surface area contributed by atoms with Crippen molar-refractivity contribution >= 4 is 11.8 Å². The number of carbonyl (C=O) groups excluding carboxylic acids is 1. The van der Waals surface area contributed by atoms with E-state index in [4.69, 9.17) is 5.11 Å². The smallest absolute Gasteiger partial charge is 0.312 e. The molecule has 0 amide bonds. The highest BCUT2D eigenvalue weighted by atomic mass is 16.4. The van der Waals surface area contributed by atoms with Crippen LogP contribution >= 0.6 is 0 Å². The zero-order chi connectivity index (χ0) is 14.3. The summed E-state index contributed by atoms with van der Waals surface area (Å²) in [7, 11) is 0. The second-order valence-corrected chi connectivity index (χ2v) is 5.17. The van der Waals surface area contributed by atoms with Gasteiger partial charge in [0.1, 0.15) is 0 Å². The number of carboxylic acid groups (broad SMARTS) is 1. The SMILES string of the molecule is Cc1cccc(C(=O)c2ccc3n2CCC3C(=O)O)c1. The Bertz CT molecular complexity index is 699. The van der Waals surface area contributed by atoms with Crippen molar-refractivity contribution in [3.8, 4) is 0 Å². The maximum absolute atomic E-state index is 12.5. The Hall–Kier alpha value is -2.36. The molecule has 0 bridgehead atoms. The summed E-state index contributed by atoms with van der Waals surface area (Å²) in [5.74, 6) is -1.36. The first kappa shape index (κ1) is 12.7. The molecule has 4 heteroatoms. The minimum Gasteiger partial charge on any atom is -0.481 e. The van der Waals surface area contributed by atoms with Crippen molar-refractivity contribution in [1.29, 1.82) is 0 Å². The standard InChI is InChI=1S/C16H15NO3/c1-10-3-2-4-11(9-10)15(18)14-6-5-13-12(16(19)20)7-8-17(13)14/h2-6,9,12H,7-8H2,1H3,(H,19,20). The lowest BCUT2D eigenvalue weighted by atomic mass is 10.0. The molecule has 1 N–H and O–H groups in total. The first-order valence-corrected chi connectivity index (χ1v) is 6.61. The van der Waals surface area contributed by atoms with Gasteiger partial charge >= 0.3 is 5.97 Å². The van der Waals surface area contributed by atoms with Gasteiger partial charge in [0, 0.05) is 17.8 Å². The fraction of sp³-hybridized carbons (Fsp3) is 0.250. The number of aryl methyl sites for hydroxylation is 1. The third-order valence-corrected chi connectivity index (χ3v) is 3.82. The number of fused-ring (bicyclic) bond motifs is 1. The summed E-state index contributed by atoms with van der Waals surface area (Å²) in [5.41, 5.74) is 2.99. The number of nitrogens with zero attached hydrogens (tertiary/aromatic N) is 1. The molecule has 0 aliphatic carbocycles. The number of rotatable bonds is 3. The zero-order valence-corrected chi connectivity index (χ0v) is 11.2. The van der Waals surface area contributed by atoms with Gasteiger partial charge in [-0.1, -0.05) is 23.8 Å². The Balaban J connectivity index is 1.99. The van der Waals surface area contributed by atoms with Crippen LogP contribution in [0, 0.1) is 6.92 Å². The van der Waals surface area contributed by atoms with Crippen LogP contribution in [0.2, 0.25) is 0 Å². The minimum absolute atomic E-state index is 0.0500. The van der Waals surface area contributed by atoms with Crippen molar-refractivity contribution < 1.29 is 14.7 Å². The summed E-state index contributed by atoms with van der Waals surface area (Å²) < 4.78 is 1.84. The molecular weight excluding hydrogens is 254 g/mol. The molecule has 2 heterocycles. The number of aromatic nitrogens is 1. The number of benzene rings is 1. The van der Waals surface area contributed by atoms with Crippen LogP contribution < -0.4 is 0 Å². The van der Waals surface area contributed by atoms with E-state index in [2.05, 4.69) is 0 Å². The molecule has 3 rings (SSSR count). The maximum atomic E-state index is 12.5. The van der Waals surface area contributed by atoms with Gasteiger partial charge in [-0.2, -0.15) is 0 Å². The number of hydrogen-bond donors (Lipinski definition) is 1. The molecule has 1 unspecified atom stereocenters. The molecule has 20 heavy (non-hydrogen) atoms. The van der Waals surface area contributed by atoms with Crippen molar-refractivity contribution in [3.63, 3.8) is 0 Å². The Labute approximate surface area is 116 Å². The second kappa shape index (κ2) is 4.63. The van der Waals surface area contributed by atoms with E-state index in [9.17, 15) is 9.59 Å². The van der Waals surface area contributed by atoms with Crippen LogP contribution in [-0.2, 0) is 11.3 Å². The van der Waals surface area contributed by atoms with Gasteiger partial charge in [-0.25, -0.2) is 0 Å². The Morgan fingerprint density at radius 3 is 2.75 bits per heavy atom. The fourth-order valence-corrected chi connectivity index (χ4v) is 2.83. The highest BCUT2D eigenvalue weighted by molar-refractivity contribution is 6.08. The van der Waals surface area contributed by atoms with Gasteiger partial charge in [-0.3, -0.25) is 9.59 Å². The number of hydrogen-bond acceptors (Lipinski definition) is 2. The van der Waals surface area contributed by atoms with Crippen LogP contribution in [0.3, 0.4) is 0 Å². The summed E-state index contributed by atoms with van der Waals surface area (Å²) >= 11 is 0. The highest BCUT2D eigenvalue weighted by Crippen LogP contribution is 2.31. The maximum Gasteiger partial charge on any atom is 0.312 e. The molecule has 0 saturated heterocycles. The number of aliphatic carboxylic acids is 1. The number of carbonyl (C=O) groups is 2. The predicted molar refractivity (Wildman–Crippen MR) is 74.0 cm³/mol. The number of ketones is 1. The molecular formula is C16H15NO3. The highest BCUT2D eigenvalue weighted by Gasteiger charge is 2.31. The van der Waals surface area contributed by atoms with E-state index < -0.39 is 11.9 Å². The van der Waals surface area contributed by atoms with Crippen molar-refractivity contribution in [2.24, 2.45) is 0 Å². The molecule has 102 valence electrons. The van der Waals surface area contributed by atoms with Crippen LogP contribution in [-0.4, -0.2) is 21.4 Å². The lowest BCUT2D eigenvalue weighted by Crippen LogP contribution is -2.10. The largest absolute Gasteiger partial charge is 0.481 e. The first-order valence-electron chi connectivity index (χ1n) is 6.61. The lowest BCUT2D eigenvalue weighted by Gasteiger charge is -2.06. The molecule has 1 aliphatic heterocycles. The van der Waals surface area contributed by atoms with Gasteiger partial charge in [-0.15, -0.1) is 0 Å². The molecule has 1 aromatic heterocycles. The van der Waals surface area contributed by atoms with Crippen LogP contribution in [0.4, 0.5) is 0 Å². The summed E-state index contributed by atoms with van der Waals surface area (Å²) in [4.78, 5) is 23.7. The zero-order valence-electron chi connectivity index (χ0n) is 11.2. The van der Waals surface area contributed by atoms with Gasteiger partial charge in [0.15, 0.2) is 0 Å². The molecule has 0 spiro atoms. The van der Waals surface area contributed by atoms with Gasteiger partial charge in [0.2, 0.25) is 5.78 Å². The second-order valence-electron chi connectivity index (χ2n) is 5.17. The van der Waals surface area contributed by atoms with Crippen LogP contribution in [0.15, 0.2) is 36.4 Å². The van der Waals surface area contributed by atoms with E-state index in [1.54, 1.807) is 18.2 Å². The van der Waals surface area contributed by atoms with E-state index in [0.717, 1.165) is 11.3 Å². The average Bonchev–Trinajstić information content (AvgIpc) is 2.98. The van der Waals surface area contributed by atoms with Crippen LogP contribution in [0.1, 0.15) is 39.6 Å². The Morgan fingerprint density at radius 1 is 1.25 bits per heavy atom. The van der Waals surface area contributed by atoms with Gasteiger partial charge in [0.05, 0.1) is 11.6 Å². The van der Waals surface area contributed by atoms with E-state index >= 15 is 0 Å². The summed E-state index contributed by atoms with van der Waals surface area (Å²) in [5, 5.41) is 9.16. The third kappa shape index (κ3) is 1.93. The minimum atomic E-state index is -0.823. The van der Waals surface area contributed by atoms with E-state index in [0.29, 0.717) is 24.2 Å². The van der Waals surface area contributed by atoms with Crippen molar-refractivity contribution in [1.82, 2.24) is 4.57 Å². The molecule has 1 aliphatic rings. The summed E-state index contributed by atoms with van der Waals surface area (Å²) in [6.45, 7) is 2.53. The topological polar surface area (TPSA) is 59.3 Å². The van der Waals surface area contributed by atoms with Crippen LogP contribution in [0.25, 0.3) is 0 Å². The normalized spacial score (nSPS) is 16.9. The fourth-order valence-electron chi connectivity index (χ4n) is 2.83. The average molecular weight is 269 g/mol. The molecule has 0 radical (unpaired) electrons. The number of carboxylic acids is 1. The van der Waals surface area contributed by atoms with Gasteiger partial charge in [-0.05, 0) is 31.5 Å². The Morgan fingerprint density at radius 2 is 2.05 bits per heavy atom. The monoisotopic (exact) mass is 269 g/mol. The van der Waals surface area contributed by atoms with Gasteiger partial charge < -0.3 is 9.67 Å². The molecule has 2 aromatic rings. The first-order chi connectivity index (χ1) is 9.58. The summed E-state index contributed by atoms with van der Waals surface area (Å²) in [6.07, 6.45) is 0.555. The van der Waals surface area contributed by atoms with Crippen LogP contribution in [0.5, 0.6) is 0 Å². The quantitative estimate of drug-likeness (QED) is 0.871. The van der Waals surface area contributed by atoms with E-state index in [1.165, 1.54) is 0 Å². The molecule has 1 atom stereocenters. The molecule has 0 fully saturated rings. The molecule has 0 saturated carbocycles. The van der Waals surface area contributed by atoms with Crippen molar-refractivity contribution in [2.45, 2.75) is 25.8 Å². The van der Waals surface area contributed by atoms with Gasteiger partial charge in [0.25, 0.3) is 0 Å². The lowest BCUT2D eigenvalue weighted by molar-refractivity contribution is -0.138.